The number of aromatic nitrogens is 2. The number of hydrogen-bond donors (Lipinski definition) is 0. The topological polar surface area (TPSA) is 47.4 Å². The minimum atomic E-state index is 0.141. The fourth-order valence-electron chi connectivity index (χ4n) is 3.99. The van der Waals surface area contributed by atoms with Crippen molar-refractivity contribution in [2.24, 2.45) is 0 Å². The molecule has 3 aromatic rings. The summed E-state index contributed by atoms with van der Waals surface area (Å²) in [7, 11) is 0. The summed E-state index contributed by atoms with van der Waals surface area (Å²) in [6.07, 6.45) is 4.48. The molecule has 0 aliphatic carbocycles. The van der Waals surface area contributed by atoms with Crippen LogP contribution in [-0.2, 0) is 22.6 Å². The van der Waals surface area contributed by atoms with Crippen LogP contribution in [0.5, 0.6) is 0 Å². The highest BCUT2D eigenvalue weighted by atomic mass is 16.5. The molecule has 1 aliphatic rings. The van der Waals surface area contributed by atoms with Crippen molar-refractivity contribution >= 4 is 16.8 Å². The lowest BCUT2D eigenvalue weighted by molar-refractivity contribution is -0.133. The predicted molar refractivity (Wildman–Crippen MR) is 110 cm³/mol. The van der Waals surface area contributed by atoms with Crippen molar-refractivity contribution in [3.63, 3.8) is 0 Å². The van der Waals surface area contributed by atoms with Crippen molar-refractivity contribution in [2.45, 2.75) is 45.4 Å². The summed E-state index contributed by atoms with van der Waals surface area (Å²) >= 11 is 0. The number of rotatable bonds is 7. The molecule has 28 heavy (non-hydrogen) atoms. The molecule has 1 fully saturated rings. The van der Waals surface area contributed by atoms with Crippen LogP contribution in [0.2, 0.25) is 0 Å². The van der Waals surface area contributed by atoms with Crippen LogP contribution in [0.4, 0.5) is 0 Å². The summed E-state index contributed by atoms with van der Waals surface area (Å²) in [6, 6.07) is 16.3. The molecule has 1 aliphatic heterocycles. The number of ether oxygens (including phenoxy) is 1. The van der Waals surface area contributed by atoms with Gasteiger partial charge in [-0.2, -0.15) is 0 Å². The van der Waals surface area contributed by atoms with Crippen LogP contribution in [-0.4, -0.2) is 39.6 Å². The summed E-state index contributed by atoms with van der Waals surface area (Å²) in [4.78, 5) is 19.4. The lowest BCUT2D eigenvalue weighted by Crippen LogP contribution is -2.37. The second kappa shape index (κ2) is 8.57. The highest BCUT2D eigenvalue weighted by Crippen LogP contribution is 2.20. The molecule has 1 saturated heterocycles. The fraction of sp³-hybridized carbons (Fsp3) is 0.391. The van der Waals surface area contributed by atoms with E-state index in [1.807, 2.05) is 35.2 Å². The van der Waals surface area contributed by atoms with Gasteiger partial charge in [0.2, 0.25) is 5.91 Å². The molecule has 5 nitrogen and oxygen atoms in total. The number of aryl methyl sites for hydroxylation is 2. The van der Waals surface area contributed by atoms with E-state index in [0.717, 1.165) is 25.1 Å². The summed E-state index contributed by atoms with van der Waals surface area (Å²) in [6.45, 7) is 4.75. The SMILES string of the molecule is Cc1cc2ccccc2n1CCC(=O)N(Cc1ccccn1)C[C@H]1CCCO1. The van der Waals surface area contributed by atoms with Crippen LogP contribution in [0.15, 0.2) is 54.7 Å². The van der Waals surface area contributed by atoms with Gasteiger partial charge < -0.3 is 14.2 Å². The summed E-state index contributed by atoms with van der Waals surface area (Å²) in [5, 5.41) is 1.22. The first kappa shape index (κ1) is 18.7. The first-order valence-corrected chi connectivity index (χ1v) is 10.0. The van der Waals surface area contributed by atoms with Crippen LogP contribution in [0.3, 0.4) is 0 Å². The Morgan fingerprint density at radius 2 is 2.11 bits per heavy atom. The molecule has 4 rings (SSSR count). The Morgan fingerprint density at radius 3 is 2.89 bits per heavy atom. The number of para-hydroxylation sites is 1. The van der Waals surface area contributed by atoms with E-state index in [-0.39, 0.29) is 12.0 Å². The van der Waals surface area contributed by atoms with Gasteiger partial charge in [0.1, 0.15) is 0 Å². The Balaban J connectivity index is 1.47. The third-order valence-electron chi connectivity index (χ3n) is 5.45. The Morgan fingerprint density at radius 1 is 1.25 bits per heavy atom. The Hall–Kier alpha value is -2.66. The zero-order valence-corrected chi connectivity index (χ0v) is 16.4. The number of carbonyl (C=O) groups excluding carboxylic acids is 1. The van der Waals surface area contributed by atoms with Gasteiger partial charge in [-0.1, -0.05) is 24.3 Å². The Labute approximate surface area is 165 Å². The average molecular weight is 377 g/mol. The molecule has 1 aromatic carbocycles. The molecule has 146 valence electrons. The monoisotopic (exact) mass is 377 g/mol. The van der Waals surface area contributed by atoms with Crippen LogP contribution >= 0.6 is 0 Å². The zero-order chi connectivity index (χ0) is 19.3. The second-order valence-electron chi connectivity index (χ2n) is 7.48. The zero-order valence-electron chi connectivity index (χ0n) is 16.4. The van der Waals surface area contributed by atoms with Crippen LogP contribution in [0, 0.1) is 6.92 Å². The smallest absolute Gasteiger partial charge is 0.224 e. The first-order valence-electron chi connectivity index (χ1n) is 10.0. The summed E-state index contributed by atoms with van der Waals surface area (Å²) < 4.78 is 8.01. The number of amides is 1. The average Bonchev–Trinajstić information content (AvgIpc) is 3.33. The van der Waals surface area contributed by atoms with Crippen molar-refractivity contribution in [3.8, 4) is 0 Å². The number of fused-ring (bicyclic) bond motifs is 1. The van der Waals surface area contributed by atoms with E-state index in [9.17, 15) is 4.79 Å². The predicted octanol–water partition coefficient (Wildman–Crippen LogP) is 3.94. The van der Waals surface area contributed by atoms with E-state index in [4.69, 9.17) is 4.74 Å². The standard InChI is InChI=1S/C23H27N3O2/c1-18-15-19-7-2-3-10-22(19)26(18)13-11-23(27)25(17-21-9-6-14-28-21)16-20-8-4-5-12-24-20/h2-5,7-8,10,12,15,21H,6,9,11,13-14,16-17H2,1H3/t21-/m1/s1. The van der Waals surface area contributed by atoms with Crippen molar-refractivity contribution in [1.29, 1.82) is 0 Å². The maximum Gasteiger partial charge on any atom is 0.224 e. The summed E-state index contributed by atoms with van der Waals surface area (Å²) in [5.74, 6) is 0.151. The maximum absolute atomic E-state index is 13.1. The van der Waals surface area contributed by atoms with Gasteiger partial charge in [-0.15, -0.1) is 0 Å². The molecule has 0 N–H and O–H groups in total. The lowest BCUT2D eigenvalue weighted by Gasteiger charge is -2.25. The molecule has 5 heteroatoms. The van der Waals surface area contributed by atoms with E-state index in [1.165, 1.54) is 16.6 Å². The molecule has 1 amide bonds. The van der Waals surface area contributed by atoms with Gasteiger partial charge in [0.05, 0.1) is 18.3 Å². The molecule has 0 saturated carbocycles. The van der Waals surface area contributed by atoms with Gasteiger partial charge >= 0.3 is 0 Å². The maximum atomic E-state index is 13.1. The lowest BCUT2D eigenvalue weighted by atomic mass is 10.2. The molecule has 0 radical (unpaired) electrons. The van der Waals surface area contributed by atoms with E-state index in [0.29, 0.717) is 26.1 Å². The van der Waals surface area contributed by atoms with Gasteiger partial charge in [-0.05, 0) is 49.4 Å². The molecular weight excluding hydrogens is 350 g/mol. The second-order valence-corrected chi connectivity index (χ2v) is 7.48. The number of pyridine rings is 1. The highest BCUT2D eigenvalue weighted by molar-refractivity contribution is 5.81. The van der Waals surface area contributed by atoms with E-state index in [2.05, 4.69) is 34.7 Å². The van der Waals surface area contributed by atoms with E-state index >= 15 is 0 Å². The molecule has 2 aromatic heterocycles. The minimum Gasteiger partial charge on any atom is -0.376 e. The molecule has 0 bridgehead atoms. The quantitative estimate of drug-likeness (QED) is 0.626. The van der Waals surface area contributed by atoms with Crippen molar-refractivity contribution in [1.82, 2.24) is 14.5 Å². The number of carbonyl (C=O) groups is 1. The Kier molecular flexibility index (Phi) is 5.72. The normalized spacial score (nSPS) is 16.5. The third kappa shape index (κ3) is 4.25. The first-order chi connectivity index (χ1) is 13.7. The van der Waals surface area contributed by atoms with Crippen LogP contribution in [0.1, 0.15) is 30.7 Å². The molecular formula is C23H27N3O2. The minimum absolute atomic E-state index is 0.141. The van der Waals surface area contributed by atoms with Crippen molar-refractivity contribution in [3.05, 3.63) is 66.1 Å². The highest BCUT2D eigenvalue weighted by Gasteiger charge is 2.23. The summed E-state index contributed by atoms with van der Waals surface area (Å²) in [5.41, 5.74) is 3.28. The Bertz CT molecular complexity index is 929. The van der Waals surface area contributed by atoms with Crippen molar-refractivity contribution in [2.75, 3.05) is 13.2 Å². The van der Waals surface area contributed by atoms with Gasteiger partial charge in [0, 0.05) is 43.5 Å². The largest absolute Gasteiger partial charge is 0.376 e. The fourth-order valence-corrected chi connectivity index (χ4v) is 3.99. The molecule has 0 unspecified atom stereocenters. The van der Waals surface area contributed by atoms with Gasteiger partial charge in [-0.25, -0.2) is 0 Å². The van der Waals surface area contributed by atoms with Crippen LogP contribution in [0.25, 0.3) is 10.9 Å². The number of hydrogen-bond acceptors (Lipinski definition) is 3. The molecule has 1 atom stereocenters. The van der Waals surface area contributed by atoms with Crippen LogP contribution < -0.4 is 0 Å². The van der Waals surface area contributed by atoms with E-state index < -0.39 is 0 Å². The van der Waals surface area contributed by atoms with Gasteiger partial charge in [0.15, 0.2) is 0 Å². The number of nitrogens with zero attached hydrogens (tertiary/aromatic N) is 3. The van der Waals surface area contributed by atoms with Crippen molar-refractivity contribution < 1.29 is 9.53 Å². The van der Waals surface area contributed by atoms with E-state index in [1.54, 1.807) is 6.20 Å². The third-order valence-corrected chi connectivity index (χ3v) is 5.45. The van der Waals surface area contributed by atoms with Gasteiger partial charge in [0.25, 0.3) is 0 Å². The molecule has 3 heterocycles. The molecule has 0 spiro atoms. The van der Waals surface area contributed by atoms with Gasteiger partial charge in [-0.3, -0.25) is 9.78 Å². The number of benzene rings is 1.